The zero-order chi connectivity index (χ0) is 11.5. The Hall–Kier alpha value is -1.84. The van der Waals surface area contributed by atoms with Crippen LogP contribution in [0.5, 0.6) is 0 Å². The molecule has 0 aliphatic carbocycles. The van der Waals surface area contributed by atoms with Gasteiger partial charge in [0.15, 0.2) is 0 Å². The summed E-state index contributed by atoms with van der Waals surface area (Å²) < 4.78 is 4.56. The average molecular weight is 217 g/mol. The van der Waals surface area contributed by atoms with Gasteiger partial charge in [-0.2, -0.15) is 5.10 Å². The first-order valence-corrected chi connectivity index (χ1v) is 5.04. The summed E-state index contributed by atoms with van der Waals surface area (Å²) in [6.07, 6.45) is 3.89. The second-order valence-electron chi connectivity index (χ2n) is 3.68. The van der Waals surface area contributed by atoms with E-state index in [9.17, 15) is 4.79 Å². The number of hydrogen-bond acceptors (Lipinski definition) is 3. The number of carbonyl (C=O) groups is 1. The Morgan fingerprint density at radius 2 is 2.38 bits per heavy atom. The molecule has 4 heteroatoms. The molecular formula is C12H13N2O2. The van der Waals surface area contributed by atoms with Gasteiger partial charge in [0, 0.05) is 5.39 Å². The van der Waals surface area contributed by atoms with Crippen molar-refractivity contribution in [2.75, 3.05) is 7.11 Å². The molecule has 1 N–H and O–H groups in total. The van der Waals surface area contributed by atoms with Crippen LogP contribution in [0, 0.1) is 13.3 Å². The van der Waals surface area contributed by atoms with E-state index in [2.05, 4.69) is 14.9 Å². The standard InChI is InChI=1S/C12H13N2O2/c1-8-5-9(3-4-11(15)16-2)6-10-7-13-14-12(8)10/h4-7H,3H2,1-2H3,(H,13,14). The highest BCUT2D eigenvalue weighted by Gasteiger charge is 2.05. The van der Waals surface area contributed by atoms with E-state index in [4.69, 9.17) is 0 Å². The molecule has 1 radical (unpaired) electrons. The number of H-pyrrole nitrogens is 1. The van der Waals surface area contributed by atoms with Crippen LogP contribution in [-0.2, 0) is 16.0 Å². The lowest BCUT2D eigenvalue weighted by Crippen LogP contribution is -2.03. The maximum absolute atomic E-state index is 11.0. The van der Waals surface area contributed by atoms with Crippen LogP contribution in [0.1, 0.15) is 11.1 Å². The Bertz CT molecular complexity index is 517. The molecule has 83 valence electrons. The predicted molar refractivity (Wildman–Crippen MR) is 60.9 cm³/mol. The Balaban J connectivity index is 2.21. The highest BCUT2D eigenvalue weighted by atomic mass is 16.5. The minimum Gasteiger partial charge on any atom is -0.469 e. The predicted octanol–water partition coefficient (Wildman–Crippen LogP) is 1.79. The Kier molecular flexibility index (Phi) is 2.90. The molecular weight excluding hydrogens is 204 g/mol. The van der Waals surface area contributed by atoms with Gasteiger partial charge in [0.05, 0.1) is 25.2 Å². The first kappa shape index (κ1) is 10.7. The Morgan fingerprint density at radius 3 is 3.12 bits per heavy atom. The Morgan fingerprint density at radius 1 is 1.56 bits per heavy atom. The number of benzene rings is 1. The van der Waals surface area contributed by atoms with Gasteiger partial charge in [-0.25, -0.2) is 0 Å². The van der Waals surface area contributed by atoms with Crippen LogP contribution in [0.4, 0.5) is 0 Å². The second-order valence-corrected chi connectivity index (χ2v) is 3.68. The van der Waals surface area contributed by atoms with E-state index in [1.54, 1.807) is 6.20 Å². The molecule has 0 saturated heterocycles. The Labute approximate surface area is 93.6 Å². The monoisotopic (exact) mass is 217 g/mol. The van der Waals surface area contributed by atoms with Gasteiger partial charge in [-0.05, 0) is 30.5 Å². The molecule has 0 amide bonds. The van der Waals surface area contributed by atoms with Crippen molar-refractivity contribution in [3.05, 3.63) is 35.9 Å². The van der Waals surface area contributed by atoms with Gasteiger partial charge in [-0.15, -0.1) is 0 Å². The first-order valence-electron chi connectivity index (χ1n) is 5.04. The fourth-order valence-corrected chi connectivity index (χ4v) is 1.71. The van der Waals surface area contributed by atoms with Crippen molar-refractivity contribution in [1.29, 1.82) is 0 Å². The molecule has 1 aromatic heterocycles. The van der Waals surface area contributed by atoms with E-state index >= 15 is 0 Å². The number of aromatic amines is 1. The van der Waals surface area contributed by atoms with Gasteiger partial charge in [-0.1, -0.05) is 6.07 Å². The quantitative estimate of drug-likeness (QED) is 0.797. The number of esters is 1. The molecule has 0 saturated carbocycles. The molecule has 0 aliphatic rings. The highest BCUT2D eigenvalue weighted by molar-refractivity contribution is 5.83. The summed E-state index contributed by atoms with van der Waals surface area (Å²) in [5, 5.41) is 7.99. The lowest BCUT2D eigenvalue weighted by atomic mass is 10.0. The summed E-state index contributed by atoms with van der Waals surface area (Å²) >= 11 is 0. The van der Waals surface area contributed by atoms with Crippen LogP contribution >= 0.6 is 0 Å². The third kappa shape index (κ3) is 2.05. The molecule has 4 nitrogen and oxygen atoms in total. The third-order valence-corrected chi connectivity index (χ3v) is 2.51. The number of ether oxygens (including phenoxy) is 1. The van der Waals surface area contributed by atoms with E-state index < -0.39 is 0 Å². The summed E-state index contributed by atoms with van der Waals surface area (Å²) in [6, 6.07) is 4.06. The maximum atomic E-state index is 11.0. The van der Waals surface area contributed by atoms with E-state index in [-0.39, 0.29) is 5.97 Å². The number of aromatic nitrogens is 2. The van der Waals surface area contributed by atoms with Crippen LogP contribution in [0.15, 0.2) is 18.3 Å². The third-order valence-electron chi connectivity index (χ3n) is 2.51. The zero-order valence-corrected chi connectivity index (χ0v) is 9.28. The average Bonchev–Trinajstić information content (AvgIpc) is 2.74. The smallest absolute Gasteiger partial charge is 0.309 e. The molecule has 1 heterocycles. The fourth-order valence-electron chi connectivity index (χ4n) is 1.71. The molecule has 0 spiro atoms. The molecule has 2 aromatic rings. The topological polar surface area (TPSA) is 55.0 Å². The lowest BCUT2D eigenvalue weighted by molar-refractivity contribution is -0.136. The number of methoxy groups -OCH3 is 1. The van der Waals surface area contributed by atoms with Gasteiger partial charge in [-0.3, -0.25) is 9.89 Å². The lowest BCUT2D eigenvalue weighted by Gasteiger charge is -2.03. The van der Waals surface area contributed by atoms with E-state index in [0.29, 0.717) is 6.42 Å². The van der Waals surface area contributed by atoms with Crippen LogP contribution in [0.3, 0.4) is 0 Å². The van der Waals surface area contributed by atoms with Gasteiger partial charge in [0.25, 0.3) is 0 Å². The summed E-state index contributed by atoms with van der Waals surface area (Å²) in [7, 11) is 1.38. The number of nitrogens with one attached hydrogen (secondary N) is 1. The fraction of sp³-hybridized carbons (Fsp3) is 0.250. The van der Waals surface area contributed by atoms with E-state index in [0.717, 1.165) is 22.0 Å². The van der Waals surface area contributed by atoms with E-state index in [1.165, 1.54) is 13.5 Å². The van der Waals surface area contributed by atoms with Gasteiger partial charge < -0.3 is 4.74 Å². The van der Waals surface area contributed by atoms with Crippen LogP contribution in [-0.4, -0.2) is 23.3 Å². The zero-order valence-electron chi connectivity index (χ0n) is 9.28. The number of carbonyl (C=O) groups excluding carboxylic acids is 1. The van der Waals surface area contributed by atoms with Crippen molar-refractivity contribution in [3.8, 4) is 0 Å². The highest BCUT2D eigenvalue weighted by Crippen LogP contribution is 2.18. The van der Waals surface area contributed by atoms with Crippen molar-refractivity contribution in [3.63, 3.8) is 0 Å². The molecule has 0 bridgehead atoms. The molecule has 16 heavy (non-hydrogen) atoms. The van der Waals surface area contributed by atoms with Crippen molar-refractivity contribution in [2.24, 2.45) is 0 Å². The van der Waals surface area contributed by atoms with Crippen LogP contribution in [0.2, 0.25) is 0 Å². The molecule has 0 aliphatic heterocycles. The van der Waals surface area contributed by atoms with Gasteiger partial charge >= 0.3 is 5.97 Å². The number of rotatable bonds is 3. The number of aryl methyl sites for hydroxylation is 1. The molecule has 1 aromatic carbocycles. The largest absolute Gasteiger partial charge is 0.469 e. The van der Waals surface area contributed by atoms with Crippen molar-refractivity contribution in [2.45, 2.75) is 13.3 Å². The maximum Gasteiger partial charge on any atom is 0.309 e. The minimum absolute atomic E-state index is 0.301. The number of hydrogen-bond donors (Lipinski definition) is 1. The molecule has 0 fully saturated rings. The van der Waals surface area contributed by atoms with Gasteiger partial charge in [0.1, 0.15) is 0 Å². The summed E-state index contributed by atoms with van der Waals surface area (Å²) in [6.45, 7) is 2.02. The minimum atomic E-state index is -0.301. The summed E-state index contributed by atoms with van der Waals surface area (Å²) in [5.74, 6) is -0.301. The normalized spacial score (nSPS) is 10.6. The molecule has 0 atom stereocenters. The number of fused-ring (bicyclic) bond motifs is 1. The SMILES string of the molecule is COC(=O)[CH]Cc1cc(C)c2[nH]ncc2c1. The van der Waals surface area contributed by atoms with Crippen molar-refractivity contribution >= 4 is 16.9 Å². The van der Waals surface area contributed by atoms with E-state index in [1.807, 2.05) is 19.1 Å². The summed E-state index contributed by atoms with van der Waals surface area (Å²) in [5.41, 5.74) is 3.25. The molecule has 2 rings (SSSR count). The van der Waals surface area contributed by atoms with Gasteiger partial charge in [0.2, 0.25) is 0 Å². The summed E-state index contributed by atoms with van der Waals surface area (Å²) in [4.78, 5) is 11.0. The van der Waals surface area contributed by atoms with Crippen LogP contribution < -0.4 is 0 Å². The van der Waals surface area contributed by atoms with Crippen molar-refractivity contribution < 1.29 is 9.53 Å². The molecule has 0 unspecified atom stereocenters. The number of nitrogens with zero attached hydrogens (tertiary/aromatic N) is 1. The first-order chi connectivity index (χ1) is 7.70. The van der Waals surface area contributed by atoms with Crippen LogP contribution in [0.25, 0.3) is 10.9 Å². The second kappa shape index (κ2) is 4.35. The van der Waals surface area contributed by atoms with Crippen molar-refractivity contribution in [1.82, 2.24) is 10.2 Å².